The van der Waals surface area contributed by atoms with Crippen LogP contribution in [-0.2, 0) is 6.42 Å². The number of hydrogen-bond donors (Lipinski definition) is 1. The fraction of sp³-hybridized carbons (Fsp3) is 0.600. The second kappa shape index (κ2) is 6.05. The molecule has 90 valence electrons. The minimum atomic E-state index is 0.728. The summed E-state index contributed by atoms with van der Waals surface area (Å²) in [6.07, 6.45) is 1.18. The average Bonchev–Trinajstić information content (AvgIpc) is 2.15. The molecule has 0 saturated carbocycles. The van der Waals surface area contributed by atoms with Crippen LogP contribution in [0.1, 0.15) is 30.5 Å². The molecule has 1 aromatic rings. The molecule has 1 heteroatoms. The van der Waals surface area contributed by atoms with E-state index in [0.29, 0.717) is 0 Å². The van der Waals surface area contributed by atoms with Gasteiger partial charge in [-0.15, -0.1) is 0 Å². The van der Waals surface area contributed by atoms with Gasteiger partial charge >= 0.3 is 0 Å². The molecule has 0 heterocycles. The summed E-state index contributed by atoms with van der Waals surface area (Å²) in [5, 5.41) is 3.30. The van der Waals surface area contributed by atoms with Crippen LogP contribution in [0.2, 0.25) is 0 Å². The highest BCUT2D eigenvalue weighted by molar-refractivity contribution is 5.28. The molecular formula is C15H25N. The molecule has 1 rings (SSSR count). The van der Waals surface area contributed by atoms with Crippen molar-refractivity contribution in [3.63, 3.8) is 0 Å². The van der Waals surface area contributed by atoms with Crippen molar-refractivity contribution in [2.75, 3.05) is 13.6 Å². The first-order valence-corrected chi connectivity index (χ1v) is 6.24. The fourth-order valence-electron chi connectivity index (χ4n) is 2.30. The topological polar surface area (TPSA) is 12.0 Å². The summed E-state index contributed by atoms with van der Waals surface area (Å²) >= 11 is 0. The van der Waals surface area contributed by atoms with E-state index in [4.69, 9.17) is 0 Å². The van der Waals surface area contributed by atoms with Gasteiger partial charge in [-0.3, -0.25) is 0 Å². The van der Waals surface area contributed by atoms with Crippen LogP contribution in [0.5, 0.6) is 0 Å². The number of hydrogen-bond acceptors (Lipinski definition) is 1. The van der Waals surface area contributed by atoms with Gasteiger partial charge in [-0.1, -0.05) is 43.2 Å². The highest BCUT2D eigenvalue weighted by Crippen LogP contribution is 2.18. The summed E-state index contributed by atoms with van der Waals surface area (Å²) < 4.78 is 0. The van der Waals surface area contributed by atoms with Crippen molar-refractivity contribution in [2.45, 2.75) is 34.1 Å². The number of benzene rings is 1. The molecule has 0 aliphatic rings. The van der Waals surface area contributed by atoms with E-state index >= 15 is 0 Å². The summed E-state index contributed by atoms with van der Waals surface area (Å²) in [6, 6.07) is 6.88. The van der Waals surface area contributed by atoms with Gasteiger partial charge in [-0.2, -0.15) is 0 Å². The lowest BCUT2D eigenvalue weighted by Crippen LogP contribution is -2.25. The van der Waals surface area contributed by atoms with Crippen LogP contribution < -0.4 is 5.32 Å². The van der Waals surface area contributed by atoms with Gasteiger partial charge in [-0.25, -0.2) is 0 Å². The third kappa shape index (κ3) is 3.97. The molecule has 1 nitrogen and oxygen atoms in total. The van der Waals surface area contributed by atoms with Gasteiger partial charge < -0.3 is 5.32 Å². The van der Waals surface area contributed by atoms with Gasteiger partial charge in [0.1, 0.15) is 0 Å². The molecule has 0 aliphatic heterocycles. The van der Waals surface area contributed by atoms with Crippen molar-refractivity contribution < 1.29 is 0 Å². The van der Waals surface area contributed by atoms with Crippen LogP contribution in [0.4, 0.5) is 0 Å². The lowest BCUT2D eigenvalue weighted by Gasteiger charge is -2.21. The van der Waals surface area contributed by atoms with Gasteiger partial charge in [0, 0.05) is 0 Å². The second-order valence-corrected chi connectivity index (χ2v) is 5.26. The minimum absolute atomic E-state index is 0.728. The van der Waals surface area contributed by atoms with Crippen LogP contribution in [0.25, 0.3) is 0 Å². The van der Waals surface area contributed by atoms with E-state index in [1.165, 1.54) is 23.1 Å². The molecule has 1 atom stereocenters. The number of nitrogens with one attached hydrogen (secondary N) is 1. The minimum Gasteiger partial charge on any atom is -0.319 e. The van der Waals surface area contributed by atoms with Crippen molar-refractivity contribution in [3.8, 4) is 0 Å². The monoisotopic (exact) mass is 219 g/mol. The Bertz CT molecular complexity index is 308. The molecule has 0 aliphatic carbocycles. The summed E-state index contributed by atoms with van der Waals surface area (Å²) in [7, 11) is 2.04. The Kier molecular flexibility index (Phi) is 5.01. The second-order valence-electron chi connectivity index (χ2n) is 5.26. The molecule has 0 spiro atoms. The van der Waals surface area contributed by atoms with E-state index in [9.17, 15) is 0 Å². The normalized spacial score (nSPS) is 13.1. The lowest BCUT2D eigenvalue weighted by atomic mass is 9.88. The zero-order valence-electron chi connectivity index (χ0n) is 11.3. The Balaban J connectivity index is 2.76. The molecule has 0 aromatic heterocycles. The van der Waals surface area contributed by atoms with Crippen molar-refractivity contribution in [2.24, 2.45) is 11.8 Å². The van der Waals surface area contributed by atoms with Crippen LogP contribution in [0, 0.1) is 25.7 Å². The zero-order chi connectivity index (χ0) is 12.1. The fourth-order valence-corrected chi connectivity index (χ4v) is 2.30. The maximum Gasteiger partial charge on any atom is -0.00179 e. The predicted molar refractivity (Wildman–Crippen MR) is 71.9 cm³/mol. The zero-order valence-corrected chi connectivity index (χ0v) is 11.3. The Morgan fingerprint density at radius 2 is 1.62 bits per heavy atom. The van der Waals surface area contributed by atoms with Crippen molar-refractivity contribution in [1.82, 2.24) is 5.32 Å². The predicted octanol–water partition coefficient (Wildman–Crippen LogP) is 3.34. The van der Waals surface area contributed by atoms with Gasteiger partial charge in [0.2, 0.25) is 0 Å². The molecular weight excluding hydrogens is 194 g/mol. The third-order valence-corrected chi connectivity index (χ3v) is 3.19. The van der Waals surface area contributed by atoms with Gasteiger partial charge in [-0.05, 0) is 51.3 Å². The molecule has 0 radical (unpaired) electrons. The van der Waals surface area contributed by atoms with E-state index in [2.05, 4.69) is 51.2 Å². The van der Waals surface area contributed by atoms with E-state index in [-0.39, 0.29) is 0 Å². The van der Waals surface area contributed by atoms with Crippen molar-refractivity contribution in [1.29, 1.82) is 0 Å². The van der Waals surface area contributed by atoms with E-state index < -0.39 is 0 Å². The van der Waals surface area contributed by atoms with Gasteiger partial charge in [0.25, 0.3) is 0 Å². The Labute approximate surface area is 100 Å². The first-order chi connectivity index (χ1) is 7.52. The maximum atomic E-state index is 3.30. The molecule has 16 heavy (non-hydrogen) atoms. The molecule has 1 aromatic carbocycles. The maximum absolute atomic E-state index is 3.30. The van der Waals surface area contributed by atoms with Crippen LogP contribution in [0.3, 0.4) is 0 Å². The standard InChI is InChI=1S/C15H25N/c1-11(2)15(10-16-5)9-14-7-12(3)6-13(4)8-14/h6-8,11,15-16H,9-10H2,1-5H3. The molecule has 0 saturated heterocycles. The molecule has 1 N–H and O–H groups in total. The molecule has 1 unspecified atom stereocenters. The van der Waals surface area contributed by atoms with Crippen LogP contribution >= 0.6 is 0 Å². The largest absolute Gasteiger partial charge is 0.319 e. The SMILES string of the molecule is CNCC(Cc1cc(C)cc(C)c1)C(C)C. The van der Waals surface area contributed by atoms with Crippen molar-refractivity contribution >= 4 is 0 Å². The summed E-state index contributed by atoms with van der Waals surface area (Å²) in [5.41, 5.74) is 4.23. The third-order valence-electron chi connectivity index (χ3n) is 3.19. The van der Waals surface area contributed by atoms with E-state index in [0.717, 1.165) is 18.4 Å². The van der Waals surface area contributed by atoms with Crippen LogP contribution in [0.15, 0.2) is 18.2 Å². The first kappa shape index (κ1) is 13.2. The molecule has 0 amide bonds. The number of aryl methyl sites for hydroxylation is 2. The van der Waals surface area contributed by atoms with Gasteiger partial charge in [0.05, 0.1) is 0 Å². The van der Waals surface area contributed by atoms with Gasteiger partial charge in [0.15, 0.2) is 0 Å². The Morgan fingerprint density at radius 3 is 2.06 bits per heavy atom. The quantitative estimate of drug-likeness (QED) is 0.801. The van der Waals surface area contributed by atoms with E-state index in [1.54, 1.807) is 0 Å². The lowest BCUT2D eigenvalue weighted by molar-refractivity contribution is 0.370. The highest BCUT2D eigenvalue weighted by Gasteiger charge is 2.13. The summed E-state index contributed by atoms with van der Waals surface area (Å²) in [6.45, 7) is 10.1. The smallest absolute Gasteiger partial charge is 0.00179 e. The molecule has 0 fully saturated rings. The summed E-state index contributed by atoms with van der Waals surface area (Å²) in [5.74, 6) is 1.46. The average molecular weight is 219 g/mol. The summed E-state index contributed by atoms with van der Waals surface area (Å²) in [4.78, 5) is 0. The first-order valence-electron chi connectivity index (χ1n) is 6.24. The van der Waals surface area contributed by atoms with Crippen LogP contribution in [-0.4, -0.2) is 13.6 Å². The highest BCUT2D eigenvalue weighted by atomic mass is 14.8. The van der Waals surface area contributed by atoms with E-state index in [1.807, 2.05) is 7.05 Å². The Morgan fingerprint density at radius 1 is 1.06 bits per heavy atom. The number of rotatable bonds is 5. The van der Waals surface area contributed by atoms with Crippen molar-refractivity contribution in [3.05, 3.63) is 34.9 Å². The molecule has 0 bridgehead atoms. The Hall–Kier alpha value is -0.820.